The first-order valence-electron chi connectivity index (χ1n) is 7.93. The molecule has 0 bridgehead atoms. The number of halogens is 1. The van der Waals surface area contributed by atoms with E-state index in [4.69, 9.17) is 16.7 Å². The number of nitrogens with zero attached hydrogens (tertiary/aromatic N) is 3. The molecule has 0 amide bonds. The van der Waals surface area contributed by atoms with Crippen LogP contribution in [0.5, 0.6) is 0 Å². The molecule has 0 aliphatic heterocycles. The van der Waals surface area contributed by atoms with Crippen molar-refractivity contribution in [2.45, 2.75) is 9.79 Å². The van der Waals surface area contributed by atoms with Crippen molar-refractivity contribution in [3.63, 3.8) is 0 Å². The first kappa shape index (κ1) is 18.2. The molecule has 4 aromatic rings. The number of aromatic amines is 1. The molecule has 0 saturated carbocycles. The second-order valence-electron chi connectivity index (χ2n) is 5.75. The van der Waals surface area contributed by atoms with Crippen molar-refractivity contribution in [2.24, 2.45) is 0 Å². The van der Waals surface area contributed by atoms with Gasteiger partial charge in [-0.3, -0.25) is 9.78 Å². The minimum Gasteiger partial charge on any atom is -0.606 e. The Labute approximate surface area is 165 Å². The van der Waals surface area contributed by atoms with Crippen LogP contribution in [0.3, 0.4) is 0 Å². The molecule has 140 valence electrons. The Morgan fingerprint density at radius 3 is 2.68 bits per heavy atom. The van der Waals surface area contributed by atoms with Gasteiger partial charge in [-0.2, -0.15) is 5.10 Å². The summed E-state index contributed by atoms with van der Waals surface area (Å²) in [6.07, 6.45) is 2.37. The second-order valence-corrected chi connectivity index (χ2v) is 7.61. The lowest BCUT2D eigenvalue weighted by molar-refractivity contribution is 0.0697. The number of rotatable bonds is 4. The van der Waals surface area contributed by atoms with E-state index in [-0.39, 0.29) is 27.4 Å². The van der Waals surface area contributed by atoms with Gasteiger partial charge < -0.3 is 9.66 Å². The summed E-state index contributed by atoms with van der Waals surface area (Å²) in [7, 11) is 0. The highest BCUT2D eigenvalue weighted by atomic mass is 35.5. The fourth-order valence-electron chi connectivity index (χ4n) is 2.60. The standard InChI is InChI=1S/C18H11ClN4O4S/c19-13-7-14-12(6-15(13)28(27)11-4-2-1-3-5-11)16(24)22-18(21-14)23-9-10(8-20-23)17(25)26/h1-9H,(H,25,26)(H,21,22,24). The minimum atomic E-state index is -1.56. The maximum Gasteiger partial charge on any atom is 0.338 e. The monoisotopic (exact) mass is 414 g/mol. The molecule has 0 saturated heterocycles. The maximum atomic E-state index is 12.8. The Bertz CT molecular complexity index is 1260. The molecule has 4 rings (SSSR count). The Hall–Kier alpha value is -3.14. The number of H-pyrrole nitrogens is 1. The van der Waals surface area contributed by atoms with Crippen LogP contribution in [0.25, 0.3) is 16.9 Å². The van der Waals surface area contributed by atoms with Crippen molar-refractivity contribution >= 4 is 39.6 Å². The number of nitrogens with one attached hydrogen (secondary N) is 1. The number of hydrogen-bond acceptors (Lipinski definition) is 5. The lowest BCUT2D eigenvalue weighted by Gasteiger charge is -2.12. The molecular formula is C18H11ClN4O4S. The summed E-state index contributed by atoms with van der Waals surface area (Å²) < 4.78 is 13.9. The summed E-state index contributed by atoms with van der Waals surface area (Å²) in [5, 5.41) is 13.3. The third kappa shape index (κ3) is 3.26. The van der Waals surface area contributed by atoms with Crippen LogP contribution in [-0.4, -0.2) is 35.4 Å². The molecule has 2 aromatic carbocycles. The molecular weight excluding hydrogens is 404 g/mol. The van der Waals surface area contributed by atoms with E-state index < -0.39 is 22.7 Å². The van der Waals surface area contributed by atoms with Crippen molar-refractivity contribution in [2.75, 3.05) is 0 Å². The average molecular weight is 415 g/mol. The molecule has 0 radical (unpaired) electrons. The molecule has 0 spiro atoms. The van der Waals surface area contributed by atoms with Gasteiger partial charge in [-0.15, -0.1) is 0 Å². The minimum absolute atomic E-state index is 0.0398. The van der Waals surface area contributed by atoms with Crippen molar-refractivity contribution in [3.05, 3.63) is 75.8 Å². The molecule has 1 unspecified atom stereocenters. The summed E-state index contributed by atoms with van der Waals surface area (Å²) in [5.74, 6) is -1.11. The predicted octanol–water partition coefficient (Wildman–Crippen LogP) is 2.63. The summed E-state index contributed by atoms with van der Waals surface area (Å²) >= 11 is 4.74. The van der Waals surface area contributed by atoms with Gasteiger partial charge in [0.1, 0.15) is 0 Å². The highest BCUT2D eigenvalue weighted by Gasteiger charge is 2.21. The van der Waals surface area contributed by atoms with Crippen LogP contribution in [0.15, 0.2) is 69.4 Å². The third-order valence-corrected chi connectivity index (χ3v) is 5.81. The van der Waals surface area contributed by atoms with Crippen LogP contribution in [0, 0.1) is 0 Å². The highest BCUT2D eigenvalue weighted by Crippen LogP contribution is 2.30. The van der Waals surface area contributed by atoms with Crippen LogP contribution in [0.2, 0.25) is 5.02 Å². The normalized spacial score (nSPS) is 12.2. The fourth-order valence-corrected chi connectivity index (χ4v) is 4.09. The molecule has 28 heavy (non-hydrogen) atoms. The van der Waals surface area contributed by atoms with Crippen molar-refractivity contribution < 1.29 is 14.5 Å². The Morgan fingerprint density at radius 2 is 2.00 bits per heavy atom. The third-order valence-electron chi connectivity index (χ3n) is 3.95. The lowest BCUT2D eigenvalue weighted by atomic mass is 10.2. The van der Waals surface area contributed by atoms with E-state index in [0.29, 0.717) is 9.79 Å². The van der Waals surface area contributed by atoms with Crippen LogP contribution < -0.4 is 5.56 Å². The first-order chi connectivity index (χ1) is 13.4. The van der Waals surface area contributed by atoms with Crippen LogP contribution in [0.1, 0.15) is 10.4 Å². The number of hydrogen-bond donors (Lipinski definition) is 2. The van der Waals surface area contributed by atoms with Crippen molar-refractivity contribution in [1.82, 2.24) is 19.7 Å². The number of aromatic carboxylic acids is 1. The van der Waals surface area contributed by atoms with E-state index in [9.17, 15) is 14.1 Å². The molecule has 0 fully saturated rings. The van der Waals surface area contributed by atoms with Crippen LogP contribution in [-0.2, 0) is 11.2 Å². The first-order valence-corrected chi connectivity index (χ1v) is 9.45. The van der Waals surface area contributed by atoms with E-state index >= 15 is 0 Å². The summed E-state index contributed by atoms with van der Waals surface area (Å²) in [6, 6.07) is 11.6. The quantitative estimate of drug-likeness (QED) is 0.494. The maximum absolute atomic E-state index is 12.8. The molecule has 1 atom stereocenters. The Balaban J connectivity index is 1.82. The fraction of sp³-hybridized carbons (Fsp3) is 0. The molecule has 0 aliphatic carbocycles. The zero-order valence-electron chi connectivity index (χ0n) is 14.0. The second kappa shape index (κ2) is 7.12. The lowest BCUT2D eigenvalue weighted by Crippen LogP contribution is -2.15. The molecule has 2 heterocycles. The number of carbonyl (C=O) groups is 1. The summed E-state index contributed by atoms with van der Waals surface area (Å²) in [5.41, 5.74) is -0.269. The van der Waals surface area contributed by atoms with Gasteiger partial charge in [0, 0.05) is 23.4 Å². The molecule has 2 aromatic heterocycles. The van der Waals surface area contributed by atoms with Crippen molar-refractivity contribution in [1.29, 1.82) is 0 Å². The van der Waals surface area contributed by atoms with Gasteiger partial charge >= 0.3 is 5.97 Å². The number of benzene rings is 2. The zero-order chi connectivity index (χ0) is 19.8. The van der Waals surface area contributed by atoms with Gasteiger partial charge in [-0.25, -0.2) is 14.5 Å². The average Bonchev–Trinajstić information content (AvgIpc) is 3.18. The number of carboxylic acids is 1. The molecule has 0 aliphatic rings. The van der Waals surface area contributed by atoms with Gasteiger partial charge in [0.05, 0.1) is 27.7 Å². The molecule has 10 heteroatoms. The molecule has 2 N–H and O–H groups in total. The van der Waals surface area contributed by atoms with Gasteiger partial charge in [0.2, 0.25) is 5.95 Å². The van der Waals surface area contributed by atoms with Gasteiger partial charge in [0.25, 0.3) is 5.56 Å². The summed E-state index contributed by atoms with van der Waals surface area (Å²) in [4.78, 5) is 31.2. The van der Waals surface area contributed by atoms with Crippen molar-refractivity contribution in [3.8, 4) is 5.95 Å². The largest absolute Gasteiger partial charge is 0.606 e. The van der Waals surface area contributed by atoms with Crippen LogP contribution in [0.4, 0.5) is 0 Å². The zero-order valence-corrected chi connectivity index (χ0v) is 15.6. The predicted molar refractivity (Wildman–Crippen MR) is 103 cm³/mol. The number of carboxylic acid groups (broad SMARTS) is 1. The smallest absolute Gasteiger partial charge is 0.338 e. The Kier molecular flexibility index (Phi) is 4.63. The van der Waals surface area contributed by atoms with Gasteiger partial charge in [-0.05, 0) is 18.2 Å². The highest BCUT2D eigenvalue weighted by molar-refractivity contribution is 7.91. The topological polar surface area (TPSA) is 124 Å². The number of fused-ring (bicyclic) bond motifs is 1. The van der Waals surface area contributed by atoms with Crippen LogP contribution >= 0.6 is 11.6 Å². The molecule has 8 nitrogen and oxygen atoms in total. The van der Waals surface area contributed by atoms with Gasteiger partial charge in [0.15, 0.2) is 9.79 Å². The Morgan fingerprint density at radius 1 is 1.25 bits per heavy atom. The van der Waals surface area contributed by atoms with E-state index in [1.807, 2.05) is 6.07 Å². The van der Waals surface area contributed by atoms with Gasteiger partial charge in [-0.1, -0.05) is 29.8 Å². The van der Waals surface area contributed by atoms with E-state index in [2.05, 4.69) is 15.1 Å². The SMILES string of the molecule is O=C(O)c1cnn(-c2nc3cc(Cl)c([S+]([O-])c4ccccc4)cc3c(=O)[nH]2)c1. The number of aromatic nitrogens is 4. The van der Waals surface area contributed by atoms with E-state index in [1.165, 1.54) is 18.3 Å². The summed E-state index contributed by atoms with van der Waals surface area (Å²) in [6.45, 7) is 0. The van der Waals surface area contributed by atoms with E-state index in [1.54, 1.807) is 24.3 Å². The van der Waals surface area contributed by atoms with E-state index in [0.717, 1.165) is 10.9 Å².